The molecule has 2 aliphatic heterocycles. The van der Waals surface area contributed by atoms with Gasteiger partial charge in [0.05, 0.1) is 18.4 Å². The lowest BCUT2D eigenvalue weighted by atomic mass is 10.1. The van der Waals surface area contributed by atoms with Gasteiger partial charge in [-0.3, -0.25) is 9.59 Å². The Bertz CT molecular complexity index is 618. The van der Waals surface area contributed by atoms with Crippen LogP contribution < -0.4 is 9.64 Å². The van der Waals surface area contributed by atoms with E-state index in [2.05, 4.69) is 0 Å². The predicted molar refractivity (Wildman–Crippen MR) is 70.3 cm³/mol. The van der Waals surface area contributed by atoms with Gasteiger partial charge in [-0.05, 0) is 31.0 Å². The van der Waals surface area contributed by atoms with Gasteiger partial charge in [0.15, 0.2) is 0 Å². The molecule has 2 heterocycles. The molecule has 0 aliphatic carbocycles. The Kier molecular flexibility index (Phi) is 3.13. The Hall–Kier alpha value is -2.41. The van der Waals surface area contributed by atoms with Gasteiger partial charge in [0, 0.05) is 0 Å². The Balaban J connectivity index is 2.09. The third-order valence-corrected chi connectivity index (χ3v) is 3.69. The topological polar surface area (TPSA) is 93.1 Å². The van der Waals surface area contributed by atoms with Gasteiger partial charge in [0.1, 0.15) is 18.0 Å². The lowest BCUT2D eigenvalue weighted by molar-refractivity contribution is -0.146. The Morgan fingerprint density at radius 3 is 2.43 bits per heavy atom. The molecule has 0 radical (unpaired) electrons. The maximum Gasteiger partial charge on any atom is 0.337 e. The van der Waals surface area contributed by atoms with E-state index >= 15 is 0 Å². The summed E-state index contributed by atoms with van der Waals surface area (Å²) in [6, 6.07) is 4.21. The zero-order valence-corrected chi connectivity index (χ0v) is 11.2. The van der Waals surface area contributed by atoms with Crippen LogP contribution in [0.2, 0.25) is 0 Å². The van der Waals surface area contributed by atoms with Crippen molar-refractivity contribution < 1.29 is 29.0 Å². The largest absolute Gasteiger partial charge is 0.497 e. The van der Waals surface area contributed by atoms with E-state index in [0.717, 1.165) is 4.90 Å². The lowest BCUT2D eigenvalue weighted by Crippen LogP contribution is -2.52. The van der Waals surface area contributed by atoms with Crippen LogP contribution in [0.5, 0.6) is 5.75 Å². The van der Waals surface area contributed by atoms with Gasteiger partial charge in [0.2, 0.25) is 0 Å². The number of nitrogens with zero attached hydrogens (tertiary/aromatic N) is 1. The number of benzene rings is 1. The first kappa shape index (κ1) is 13.6. The Morgan fingerprint density at radius 2 is 1.90 bits per heavy atom. The highest BCUT2D eigenvalue weighted by molar-refractivity contribution is 6.21. The molecule has 0 aromatic heterocycles. The molecule has 0 spiro atoms. The highest BCUT2D eigenvalue weighted by Gasteiger charge is 2.47. The molecule has 3 rings (SSSR count). The number of carbonyl (C=O) groups excluding carboxylic acids is 2. The summed E-state index contributed by atoms with van der Waals surface area (Å²) in [6.07, 6.45) is -0.387. The SMILES string of the molecule is COc1ccc(N2C(=O)C3CCC(O3)C2=O)c(C(=O)O)c1. The molecule has 2 bridgehead atoms. The van der Waals surface area contributed by atoms with Crippen molar-refractivity contribution in [1.82, 2.24) is 0 Å². The van der Waals surface area contributed by atoms with Crippen molar-refractivity contribution in [3.05, 3.63) is 23.8 Å². The maximum absolute atomic E-state index is 12.3. The molecule has 2 atom stereocenters. The zero-order valence-electron chi connectivity index (χ0n) is 11.2. The Morgan fingerprint density at radius 1 is 1.29 bits per heavy atom. The number of ether oxygens (including phenoxy) is 2. The van der Waals surface area contributed by atoms with Crippen molar-refractivity contribution in [2.45, 2.75) is 25.0 Å². The molecule has 1 aromatic rings. The average molecular weight is 291 g/mol. The standard InChI is InChI=1S/C14H13NO6/c1-20-7-2-3-9(8(6-7)14(18)19)15-12(16)10-4-5-11(21-10)13(15)17/h2-3,6,10-11H,4-5H2,1H3,(H,18,19). The van der Waals surface area contributed by atoms with E-state index in [0.29, 0.717) is 18.6 Å². The lowest BCUT2D eigenvalue weighted by Gasteiger charge is -2.30. The van der Waals surface area contributed by atoms with Gasteiger partial charge in [-0.2, -0.15) is 0 Å². The van der Waals surface area contributed by atoms with E-state index in [1.807, 2.05) is 0 Å². The third kappa shape index (κ3) is 2.06. The number of carboxylic acids is 1. The summed E-state index contributed by atoms with van der Waals surface area (Å²) in [4.78, 5) is 36.9. The molecule has 2 unspecified atom stereocenters. The van der Waals surface area contributed by atoms with Crippen molar-refractivity contribution in [1.29, 1.82) is 0 Å². The van der Waals surface area contributed by atoms with Gasteiger partial charge < -0.3 is 14.6 Å². The summed E-state index contributed by atoms with van der Waals surface area (Å²) in [6.45, 7) is 0. The molecule has 7 heteroatoms. The van der Waals surface area contributed by atoms with Crippen molar-refractivity contribution in [3.8, 4) is 5.75 Å². The fraction of sp³-hybridized carbons (Fsp3) is 0.357. The third-order valence-electron chi connectivity index (χ3n) is 3.69. The van der Waals surface area contributed by atoms with E-state index in [4.69, 9.17) is 9.47 Å². The number of carboxylic acid groups (broad SMARTS) is 1. The second kappa shape index (κ2) is 4.85. The van der Waals surface area contributed by atoms with Gasteiger partial charge >= 0.3 is 5.97 Å². The van der Waals surface area contributed by atoms with Gasteiger partial charge in [-0.1, -0.05) is 0 Å². The molecule has 1 N–H and O–H groups in total. The molecular weight excluding hydrogens is 278 g/mol. The molecule has 2 fully saturated rings. The minimum Gasteiger partial charge on any atom is -0.497 e. The number of hydrogen-bond donors (Lipinski definition) is 1. The quantitative estimate of drug-likeness (QED) is 0.828. The van der Waals surface area contributed by atoms with Gasteiger partial charge in [-0.15, -0.1) is 0 Å². The number of fused-ring (bicyclic) bond motifs is 2. The first-order valence-corrected chi connectivity index (χ1v) is 6.47. The van der Waals surface area contributed by atoms with Crippen LogP contribution in [0.3, 0.4) is 0 Å². The fourth-order valence-electron chi connectivity index (χ4n) is 2.64. The van der Waals surface area contributed by atoms with Crippen LogP contribution >= 0.6 is 0 Å². The second-order valence-corrected chi connectivity index (χ2v) is 4.89. The summed E-state index contributed by atoms with van der Waals surface area (Å²) < 4.78 is 10.3. The summed E-state index contributed by atoms with van der Waals surface area (Å²) in [5, 5.41) is 9.30. The summed E-state index contributed by atoms with van der Waals surface area (Å²) in [5.74, 6) is -1.92. The first-order chi connectivity index (χ1) is 10.0. The molecule has 0 saturated carbocycles. The minimum atomic E-state index is -1.23. The molecular formula is C14H13NO6. The Labute approximate surface area is 120 Å². The van der Waals surface area contributed by atoms with Crippen molar-refractivity contribution in [2.75, 3.05) is 12.0 Å². The van der Waals surface area contributed by atoms with Crippen LogP contribution in [0.4, 0.5) is 5.69 Å². The molecule has 2 amide bonds. The number of aromatic carboxylic acids is 1. The summed E-state index contributed by atoms with van der Waals surface area (Å²) in [7, 11) is 1.41. The number of methoxy groups -OCH3 is 1. The predicted octanol–water partition coefficient (Wildman–Crippen LogP) is 0.814. The molecule has 2 saturated heterocycles. The number of imide groups is 1. The van der Waals surface area contributed by atoms with Crippen LogP contribution in [0.25, 0.3) is 0 Å². The van der Waals surface area contributed by atoms with Crippen LogP contribution in [0, 0.1) is 0 Å². The fourth-order valence-corrected chi connectivity index (χ4v) is 2.64. The van der Waals surface area contributed by atoms with Crippen molar-refractivity contribution in [2.24, 2.45) is 0 Å². The number of amides is 2. The number of hydrogen-bond acceptors (Lipinski definition) is 5. The van der Waals surface area contributed by atoms with Crippen LogP contribution in [-0.4, -0.2) is 42.2 Å². The van der Waals surface area contributed by atoms with Crippen molar-refractivity contribution in [3.63, 3.8) is 0 Å². The minimum absolute atomic E-state index is 0.0542. The molecule has 7 nitrogen and oxygen atoms in total. The highest BCUT2D eigenvalue weighted by atomic mass is 16.5. The smallest absolute Gasteiger partial charge is 0.337 e. The van der Waals surface area contributed by atoms with Crippen molar-refractivity contribution >= 4 is 23.5 Å². The first-order valence-electron chi connectivity index (χ1n) is 6.47. The second-order valence-electron chi connectivity index (χ2n) is 4.89. The van der Waals surface area contributed by atoms with E-state index in [9.17, 15) is 19.5 Å². The monoisotopic (exact) mass is 291 g/mol. The van der Waals surface area contributed by atoms with E-state index in [1.54, 1.807) is 0 Å². The highest BCUT2D eigenvalue weighted by Crippen LogP contribution is 2.34. The zero-order chi connectivity index (χ0) is 15.1. The molecule has 21 heavy (non-hydrogen) atoms. The van der Waals surface area contributed by atoms with E-state index < -0.39 is 30.0 Å². The number of anilines is 1. The molecule has 2 aliphatic rings. The number of carbonyl (C=O) groups is 3. The normalized spacial score (nSPS) is 24.3. The molecule has 1 aromatic carbocycles. The van der Waals surface area contributed by atoms with E-state index in [-0.39, 0.29) is 11.3 Å². The average Bonchev–Trinajstić information content (AvgIpc) is 2.92. The molecule has 110 valence electrons. The van der Waals surface area contributed by atoms with Gasteiger partial charge in [-0.25, -0.2) is 9.69 Å². The van der Waals surface area contributed by atoms with Crippen LogP contribution in [-0.2, 0) is 14.3 Å². The van der Waals surface area contributed by atoms with E-state index in [1.165, 1.54) is 25.3 Å². The summed E-state index contributed by atoms with van der Waals surface area (Å²) in [5.41, 5.74) is -0.101. The van der Waals surface area contributed by atoms with Gasteiger partial charge in [0.25, 0.3) is 11.8 Å². The number of rotatable bonds is 3. The number of morpholine rings is 1. The summed E-state index contributed by atoms with van der Waals surface area (Å²) >= 11 is 0. The maximum atomic E-state index is 12.3. The van der Waals surface area contributed by atoms with Crippen LogP contribution in [0.15, 0.2) is 18.2 Å². The van der Waals surface area contributed by atoms with Crippen LogP contribution in [0.1, 0.15) is 23.2 Å².